The van der Waals surface area contributed by atoms with Crippen LogP contribution in [0.1, 0.15) is 0 Å². The molecule has 70 valence electrons. The van der Waals surface area contributed by atoms with E-state index in [0.29, 0.717) is 0 Å². The van der Waals surface area contributed by atoms with E-state index in [2.05, 4.69) is 12.1 Å². The highest BCUT2D eigenvalue weighted by molar-refractivity contribution is 8.24. The van der Waals surface area contributed by atoms with Crippen molar-refractivity contribution in [2.75, 3.05) is 0 Å². The van der Waals surface area contributed by atoms with Crippen molar-refractivity contribution < 1.29 is 4.79 Å². The molecule has 0 saturated heterocycles. The van der Waals surface area contributed by atoms with Crippen LogP contribution in [0.4, 0.5) is 0 Å². The summed E-state index contributed by atoms with van der Waals surface area (Å²) in [5.41, 5.74) is 0. The highest BCUT2D eigenvalue weighted by Gasteiger charge is 2.15. The highest BCUT2D eigenvalue weighted by atomic mass is 32.2. The van der Waals surface area contributed by atoms with E-state index >= 15 is 0 Å². The van der Waals surface area contributed by atoms with Crippen LogP contribution < -0.4 is 0 Å². The molecule has 0 aromatic heterocycles. The SMILES string of the molecule is O=C/C=C/C=C1Sc2ccccc2S1. The maximum Gasteiger partial charge on any atom is 0.142 e. The van der Waals surface area contributed by atoms with Crippen molar-refractivity contribution in [3.63, 3.8) is 0 Å². The lowest BCUT2D eigenvalue weighted by Crippen LogP contribution is -1.65. The highest BCUT2D eigenvalue weighted by Crippen LogP contribution is 2.50. The lowest BCUT2D eigenvalue weighted by Gasteiger charge is -1.90. The smallest absolute Gasteiger partial charge is 0.142 e. The summed E-state index contributed by atoms with van der Waals surface area (Å²) in [7, 11) is 0. The molecule has 0 saturated carbocycles. The van der Waals surface area contributed by atoms with Gasteiger partial charge >= 0.3 is 0 Å². The monoisotopic (exact) mass is 220 g/mol. The Morgan fingerprint density at radius 3 is 2.21 bits per heavy atom. The second-order valence-corrected chi connectivity index (χ2v) is 5.08. The third-order valence-corrected chi connectivity index (χ3v) is 4.15. The van der Waals surface area contributed by atoms with Crippen molar-refractivity contribution in [2.45, 2.75) is 9.79 Å². The predicted molar refractivity (Wildman–Crippen MR) is 61.4 cm³/mol. The standard InChI is InChI=1S/C11H8OS2/c12-8-4-3-7-11-13-9-5-1-2-6-10(9)14-11/h1-8H/b4-3+. The molecule has 1 nitrogen and oxygen atoms in total. The van der Waals surface area contributed by atoms with Gasteiger partial charge in [0.05, 0.1) is 0 Å². The normalized spacial score (nSPS) is 14.4. The lowest BCUT2D eigenvalue weighted by atomic mass is 10.4. The molecule has 0 N–H and O–H groups in total. The van der Waals surface area contributed by atoms with E-state index in [1.165, 1.54) is 20.1 Å². The van der Waals surface area contributed by atoms with Crippen LogP contribution in [0.25, 0.3) is 0 Å². The van der Waals surface area contributed by atoms with Crippen molar-refractivity contribution in [2.24, 2.45) is 0 Å². The van der Waals surface area contributed by atoms with Gasteiger partial charge in [0.25, 0.3) is 0 Å². The molecule has 14 heavy (non-hydrogen) atoms. The summed E-state index contributed by atoms with van der Waals surface area (Å²) in [6.45, 7) is 0. The molecule has 0 atom stereocenters. The Balaban J connectivity index is 2.15. The number of fused-ring (bicyclic) bond motifs is 1. The van der Waals surface area contributed by atoms with Gasteiger partial charge in [0.15, 0.2) is 0 Å². The first-order valence-electron chi connectivity index (χ1n) is 4.17. The maximum absolute atomic E-state index is 10.1. The fraction of sp³-hybridized carbons (Fsp3) is 0. The minimum absolute atomic E-state index is 0.786. The molecule has 0 amide bonds. The number of hydrogen-bond donors (Lipinski definition) is 0. The van der Waals surface area contributed by atoms with Crippen LogP contribution in [-0.4, -0.2) is 6.29 Å². The minimum atomic E-state index is 0.786. The summed E-state index contributed by atoms with van der Waals surface area (Å²) in [5, 5.41) is 0. The number of carbonyl (C=O) groups is 1. The second-order valence-electron chi connectivity index (χ2n) is 2.66. The molecular weight excluding hydrogens is 212 g/mol. The fourth-order valence-corrected chi connectivity index (χ4v) is 3.42. The Labute approximate surface area is 91.3 Å². The molecule has 0 unspecified atom stereocenters. The Hall–Kier alpha value is -0.930. The third kappa shape index (κ3) is 2.11. The largest absolute Gasteiger partial charge is 0.299 e. The molecule has 0 bridgehead atoms. The van der Waals surface area contributed by atoms with E-state index in [1.807, 2.05) is 18.2 Å². The van der Waals surface area contributed by atoms with Crippen LogP contribution in [0.2, 0.25) is 0 Å². The van der Waals surface area contributed by atoms with Gasteiger partial charge in [0.1, 0.15) is 6.29 Å². The van der Waals surface area contributed by atoms with Gasteiger partial charge in [-0.2, -0.15) is 0 Å². The first kappa shape index (κ1) is 9.62. The summed E-state index contributed by atoms with van der Waals surface area (Å²) in [4.78, 5) is 12.7. The molecule has 1 heterocycles. The summed E-state index contributed by atoms with van der Waals surface area (Å²) in [6, 6.07) is 8.29. The van der Waals surface area contributed by atoms with Crippen molar-refractivity contribution in [1.82, 2.24) is 0 Å². The zero-order valence-electron chi connectivity index (χ0n) is 7.34. The van der Waals surface area contributed by atoms with Crippen LogP contribution in [0.3, 0.4) is 0 Å². The van der Waals surface area contributed by atoms with Gasteiger partial charge < -0.3 is 0 Å². The summed E-state index contributed by atoms with van der Waals surface area (Å²) >= 11 is 3.49. The third-order valence-electron chi connectivity index (χ3n) is 1.69. The molecule has 0 spiro atoms. The molecule has 1 aromatic rings. The molecule has 1 aliphatic heterocycles. The molecule has 0 aliphatic carbocycles. The Morgan fingerprint density at radius 1 is 1.00 bits per heavy atom. The van der Waals surface area contributed by atoms with E-state index in [-0.39, 0.29) is 0 Å². The molecule has 1 aromatic carbocycles. The zero-order valence-corrected chi connectivity index (χ0v) is 8.98. The van der Waals surface area contributed by atoms with Crippen LogP contribution in [0.5, 0.6) is 0 Å². The number of benzene rings is 1. The van der Waals surface area contributed by atoms with Crippen LogP contribution in [0.15, 0.2) is 56.5 Å². The van der Waals surface area contributed by atoms with E-state index < -0.39 is 0 Å². The molecule has 3 heteroatoms. The van der Waals surface area contributed by atoms with Gasteiger partial charge in [0.2, 0.25) is 0 Å². The van der Waals surface area contributed by atoms with Gasteiger partial charge in [-0.3, -0.25) is 4.79 Å². The number of allylic oxidation sites excluding steroid dienone is 3. The van der Waals surface area contributed by atoms with Gasteiger partial charge in [-0.25, -0.2) is 0 Å². The first-order valence-corrected chi connectivity index (χ1v) is 5.80. The molecule has 2 rings (SSSR count). The van der Waals surface area contributed by atoms with E-state index in [0.717, 1.165) is 6.29 Å². The minimum Gasteiger partial charge on any atom is -0.299 e. The van der Waals surface area contributed by atoms with Gasteiger partial charge in [-0.1, -0.05) is 41.7 Å². The Morgan fingerprint density at radius 2 is 1.64 bits per heavy atom. The van der Waals surface area contributed by atoms with E-state index in [1.54, 1.807) is 29.6 Å². The quantitative estimate of drug-likeness (QED) is 0.561. The first-order chi connectivity index (χ1) is 6.90. The zero-order chi connectivity index (χ0) is 9.80. The van der Waals surface area contributed by atoms with Gasteiger partial charge in [-0.15, -0.1) is 0 Å². The Kier molecular flexibility index (Phi) is 3.11. The lowest BCUT2D eigenvalue weighted by molar-refractivity contribution is -0.104. The van der Waals surface area contributed by atoms with Crippen molar-refractivity contribution in [1.29, 1.82) is 0 Å². The fourth-order valence-electron chi connectivity index (χ4n) is 1.10. The average molecular weight is 220 g/mol. The van der Waals surface area contributed by atoms with Gasteiger partial charge in [0, 0.05) is 14.0 Å². The molecular formula is C11H8OS2. The van der Waals surface area contributed by atoms with Gasteiger partial charge in [-0.05, 0) is 24.3 Å². The van der Waals surface area contributed by atoms with Crippen molar-refractivity contribution in [3.8, 4) is 0 Å². The Bertz CT molecular complexity index is 381. The topological polar surface area (TPSA) is 17.1 Å². The van der Waals surface area contributed by atoms with Crippen LogP contribution in [-0.2, 0) is 4.79 Å². The summed E-state index contributed by atoms with van der Waals surface area (Å²) in [6.07, 6.45) is 6.02. The number of aldehydes is 1. The summed E-state index contributed by atoms with van der Waals surface area (Å²) < 4.78 is 1.21. The maximum atomic E-state index is 10.1. The number of carbonyl (C=O) groups excluding carboxylic acids is 1. The predicted octanol–water partition coefficient (Wildman–Crippen LogP) is 3.48. The van der Waals surface area contributed by atoms with E-state index in [4.69, 9.17) is 0 Å². The number of thioether (sulfide) groups is 2. The van der Waals surface area contributed by atoms with Crippen molar-refractivity contribution in [3.05, 3.63) is 46.7 Å². The number of rotatable bonds is 2. The van der Waals surface area contributed by atoms with Crippen molar-refractivity contribution >= 4 is 29.8 Å². The average Bonchev–Trinajstić information content (AvgIpc) is 2.60. The van der Waals surface area contributed by atoms with E-state index in [9.17, 15) is 4.79 Å². The summed E-state index contributed by atoms with van der Waals surface area (Å²) in [5.74, 6) is 0. The molecule has 0 fully saturated rings. The second kappa shape index (κ2) is 4.53. The van der Waals surface area contributed by atoms with Crippen LogP contribution >= 0.6 is 23.5 Å². The number of hydrogen-bond acceptors (Lipinski definition) is 3. The van der Waals surface area contributed by atoms with Crippen LogP contribution in [0, 0.1) is 0 Å². The molecule has 0 radical (unpaired) electrons. The molecule has 1 aliphatic rings.